The van der Waals surface area contributed by atoms with Gasteiger partial charge in [0.2, 0.25) is 0 Å². The molecule has 0 saturated heterocycles. The molecule has 0 aromatic heterocycles. The molecule has 1 atom stereocenters. The molecule has 4 nitrogen and oxygen atoms in total. The van der Waals surface area contributed by atoms with Crippen molar-refractivity contribution in [2.75, 3.05) is 12.4 Å². The molecule has 4 heteroatoms. The van der Waals surface area contributed by atoms with Gasteiger partial charge in [-0.2, -0.15) is 0 Å². The summed E-state index contributed by atoms with van der Waals surface area (Å²) in [6.07, 6.45) is 1.71. The molecule has 1 aromatic carbocycles. The minimum Gasteiger partial charge on any atom is -0.388 e. The van der Waals surface area contributed by atoms with Crippen LogP contribution in [0.25, 0.3) is 0 Å². The number of ketones is 3. The normalized spacial score (nSPS) is 11.1. The highest BCUT2D eigenvalue weighted by molar-refractivity contribution is 6.01. The molecule has 0 radical (unpaired) electrons. The molecule has 0 spiro atoms. The fourth-order valence-electron chi connectivity index (χ4n) is 2.62. The van der Waals surface area contributed by atoms with Crippen molar-refractivity contribution >= 4 is 23.0 Å². The Morgan fingerprint density at radius 1 is 1.12 bits per heavy atom. The second kappa shape index (κ2) is 11.5. The summed E-state index contributed by atoms with van der Waals surface area (Å²) in [5.74, 6) is -0.389. The molecule has 24 heavy (non-hydrogen) atoms. The SMILES string of the molecule is CC.CCc1c(NC)cccc1C(=O)CC(CCC(C)=O)C(C)=O. The van der Waals surface area contributed by atoms with Gasteiger partial charge >= 0.3 is 0 Å². The molecular formula is C20H31NO3. The van der Waals surface area contributed by atoms with Crippen LogP contribution in [0.2, 0.25) is 0 Å². The van der Waals surface area contributed by atoms with Gasteiger partial charge in [0.05, 0.1) is 0 Å². The first-order valence-electron chi connectivity index (χ1n) is 8.73. The maximum atomic E-state index is 12.6. The standard InChI is InChI=1S/C18H25NO3.C2H6/c1-5-15-16(7-6-8-17(15)19-4)18(22)11-14(13(3)21)10-9-12(2)20;1-2/h6-8,14,19H,5,9-11H2,1-4H3;1-2H3. The van der Waals surface area contributed by atoms with E-state index in [2.05, 4.69) is 5.32 Å². The zero-order chi connectivity index (χ0) is 18.7. The van der Waals surface area contributed by atoms with Gasteiger partial charge in [0.1, 0.15) is 11.6 Å². The summed E-state index contributed by atoms with van der Waals surface area (Å²) in [6.45, 7) is 9.00. The smallest absolute Gasteiger partial charge is 0.163 e. The molecule has 1 N–H and O–H groups in total. The highest BCUT2D eigenvalue weighted by Gasteiger charge is 2.21. The fourth-order valence-corrected chi connectivity index (χ4v) is 2.62. The molecule has 1 aromatic rings. The van der Waals surface area contributed by atoms with Crippen molar-refractivity contribution in [1.82, 2.24) is 0 Å². The first kappa shape index (κ1) is 22.0. The van der Waals surface area contributed by atoms with Gasteiger partial charge in [-0.25, -0.2) is 0 Å². The highest BCUT2D eigenvalue weighted by Crippen LogP contribution is 2.24. The number of anilines is 1. The van der Waals surface area contributed by atoms with Crippen LogP contribution in [0.4, 0.5) is 5.69 Å². The highest BCUT2D eigenvalue weighted by atomic mass is 16.1. The molecule has 134 valence electrons. The summed E-state index contributed by atoms with van der Waals surface area (Å²) in [4.78, 5) is 35.4. The van der Waals surface area contributed by atoms with Crippen LogP contribution in [-0.4, -0.2) is 24.4 Å². The van der Waals surface area contributed by atoms with Crippen LogP contribution in [-0.2, 0) is 16.0 Å². The van der Waals surface area contributed by atoms with Crippen molar-refractivity contribution in [3.63, 3.8) is 0 Å². The minimum absolute atomic E-state index is 0.0299. The lowest BCUT2D eigenvalue weighted by atomic mass is 9.88. The number of carbonyl (C=O) groups is 3. The van der Waals surface area contributed by atoms with E-state index in [-0.39, 0.29) is 29.7 Å². The van der Waals surface area contributed by atoms with Crippen molar-refractivity contribution in [2.24, 2.45) is 5.92 Å². The van der Waals surface area contributed by atoms with Gasteiger partial charge in [-0.05, 0) is 38.3 Å². The van der Waals surface area contributed by atoms with Gasteiger partial charge in [0, 0.05) is 37.1 Å². The maximum Gasteiger partial charge on any atom is 0.163 e. The topological polar surface area (TPSA) is 63.2 Å². The molecule has 0 aliphatic carbocycles. The van der Waals surface area contributed by atoms with Crippen molar-refractivity contribution in [3.8, 4) is 0 Å². The Kier molecular flexibility index (Phi) is 10.6. The van der Waals surface area contributed by atoms with E-state index in [4.69, 9.17) is 0 Å². The van der Waals surface area contributed by atoms with Crippen LogP contribution in [0.15, 0.2) is 18.2 Å². The molecular weight excluding hydrogens is 302 g/mol. The predicted octanol–water partition coefficient (Wildman–Crippen LogP) is 4.46. The van der Waals surface area contributed by atoms with Crippen LogP contribution in [0.5, 0.6) is 0 Å². The van der Waals surface area contributed by atoms with Crippen LogP contribution in [0.1, 0.15) is 69.8 Å². The zero-order valence-electron chi connectivity index (χ0n) is 15.9. The van der Waals surface area contributed by atoms with Crippen LogP contribution in [0, 0.1) is 5.92 Å². The molecule has 0 bridgehead atoms. The third-order valence-electron chi connectivity index (χ3n) is 3.95. The summed E-state index contributed by atoms with van der Waals surface area (Å²) in [6, 6.07) is 5.59. The maximum absolute atomic E-state index is 12.6. The van der Waals surface area contributed by atoms with Crippen LogP contribution >= 0.6 is 0 Å². The number of hydrogen-bond donors (Lipinski definition) is 1. The summed E-state index contributed by atoms with van der Waals surface area (Å²) in [5.41, 5.74) is 2.59. The van der Waals surface area contributed by atoms with E-state index in [0.29, 0.717) is 18.4 Å². The Hall–Kier alpha value is -1.97. The van der Waals surface area contributed by atoms with E-state index in [0.717, 1.165) is 17.7 Å². The van der Waals surface area contributed by atoms with E-state index in [9.17, 15) is 14.4 Å². The molecule has 0 heterocycles. The first-order chi connectivity index (χ1) is 11.4. The second-order valence-corrected chi connectivity index (χ2v) is 5.61. The number of benzene rings is 1. The monoisotopic (exact) mass is 333 g/mol. The largest absolute Gasteiger partial charge is 0.388 e. The molecule has 0 fully saturated rings. The van der Waals surface area contributed by atoms with E-state index in [1.807, 2.05) is 46.0 Å². The first-order valence-corrected chi connectivity index (χ1v) is 8.73. The molecule has 1 unspecified atom stereocenters. The molecule has 0 saturated carbocycles. The summed E-state index contributed by atoms with van der Waals surface area (Å²) >= 11 is 0. The Bertz CT molecular complexity index is 564. The third-order valence-corrected chi connectivity index (χ3v) is 3.95. The number of carbonyl (C=O) groups excluding carboxylic acids is 3. The molecule has 1 rings (SSSR count). The Balaban J connectivity index is 0.00000254. The zero-order valence-corrected chi connectivity index (χ0v) is 15.9. The van der Waals surface area contributed by atoms with Crippen LogP contribution in [0.3, 0.4) is 0 Å². The van der Waals surface area contributed by atoms with Gasteiger partial charge in [-0.3, -0.25) is 9.59 Å². The fraction of sp³-hybridized carbons (Fsp3) is 0.550. The average molecular weight is 333 g/mol. The lowest BCUT2D eigenvalue weighted by Gasteiger charge is -2.15. The van der Waals surface area contributed by atoms with E-state index in [1.165, 1.54) is 13.8 Å². The molecule has 0 amide bonds. The van der Waals surface area contributed by atoms with E-state index >= 15 is 0 Å². The number of Topliss-reactive ketones (excluding diaryl/α,β-unsaturated/α-hetero) is 3. The average Bonchev–Trinajstić information content (AvgIpc) is 2.58. The number of rotatable bonds is 9. The number of nitrogens with one attached hydrogen (secondary N) is 1. The Labute approximate surface area is 146 Å². The van der Waals surface area contributed by atoms with Gasteiger partial charge in [0.15, 0.2) is 5.78 Å². The summed E-state index contributed by atoms with van der Waals surface area (Å²) in [5, 5.41) is 3.09. The van der Waals surface area contributed by atoms with Gasteiger partial charge < -0.3 is 10.1 Å². The van der Waals surface area contributed by atoms with Gasteiger partial charge in [0.25, 0.3) is 0 Å². The van der Waals surface area contributed by atoms with Crippen molar-refractivity contribution in [1.29, 1.82) is 0 Å². The van der Waals surface area contributed by atoms with Gasteiger partial charge in [-0.15, -0.1) is 0 Å². The second-order valence-electron chi connectivity index (χ2n) is 5.61. The predicted molar refractivity (Wildman–Crippen MR) is 99.7 cm³/mol. The molecule has 0 aliphatic heterocycles. The van der Waals surface area contributed by atoms with Crippen molar-refractivity contribution in [2.45, 2.75) is 60.3 Å². The van der Waals surface area contributed by atoms with Crippen LogP contribution < -0.4 is 5.32 Å². The number of hydrogen-bond acceptors (Lipinski definition) is 4. The van der Waals surface area contributed by atoms with E-state index in [1.54, 1.807) is 0 Å². The van der Waals surface area contributed by atoms with Gasteiger partial charge in [-0.1, -0.05) is 32.9 Å². The quantitative estimate of drug-likeness (QED) is 0.678. The lowest BCUT2D eigenvalue weighted by Crippen LogP contribution is -2.18. The Morgan fingerprint density at radius 2 is 1.75 bits per heavy atom. The van der Waals surface area contributed by atoms with Crippen molar-refractivity contribution < 1.29 is 14.4 Å². The van der Waals surface area contributed by atoms with E-state index < -0.39 is 0 Å². The lowest BCUT2D eigenvalue weighted by molar-refractivity contribution is -0.121. The third kappa shape index (κ3) is 6.65. The molecule has 0 aliphatic rings. The summed E-state index contributed by atoms with van der Waals surface area (Å²) < 4.78 is 0. The van der Waals surface area contributed by atoms with Crippen molar-refractivity contribution in [3.05, 3.63) is 29.3 Å². The minimum atomic E-state index is -0.376. The summed E-state index contributed by atoms with van der Waals surface area (Å²) in [7, 11) is 1.83. The Morgan fingerprint density at radius 3 is 2.21 bits per heavy atom.